The minimum Gasteiger partial charge on any atom is -0.278 e. The van der Waals surface area contributed by atoms with E-state index in [1.807, 2.05) is 0 Å². The van der Waals surface area contributed by atoms with Gasteiger partial charge < -0.3 is 0 Å². The zero-order valence-electron chi connectivity index (χ0n) is 12.8. The lowest BCUT2D eigenvalue weighted by Gasteiger charge is -2.27. The van der Waals surface area contributed by atoms with Crippen molar-refractivity contribution in [2.75, 3.05) is 6.54 Å². The van der Waals surface area contributed by atoms with Crippen molar-refractivity contribution in [2.24, 2.45) is 0 Å². The van der Waals surface area contributed by atoms with Gasteiger partial charge in [0.1, 0.15) is 6.33 Å². The maximum Gasteiger partial charge on any atom is 0.264 e. The van der Waals surface area contributed by atoms with Crippen LogP contribution in [-0.4, -0.2) is 39.4 Å². The van der Waals surface area contributed by atoms with E-state index in [2.05, 4.69) is 20.2 Å². The molecule has 1 aromatic carbocycles. The van der Waals surface area contributed by atoms with E-state index in [-0.39, 0.29) is 11.4 Å². The molecule has 0 unspecified atom stereocenters. The first-order valence-corrected chi connectivity index (χ1v) is 9.17. The van der Waals surface area contributed by atoms with Gasteiger partial charge in [-0.25, -0.2) is 18.4 Å². The van der Waals surface area contributed by atoms with Crippen molar-refractivity contribution in [1.29, 1.82) is 0 Å². The fraction of sp³-hybridized carbons (Fsp3) is 0.0625. The number of aromatic amines is 1. The summed E-state index contributed by atoms with van der Waals surface area (Å²) in [5.74, 6) is 0. The number of rotatable bonds is 3. The van der Waals surface area contributed by atoms with E-state index in [4.69, 9.17) is 11.6 Å². The van der Waals surface area contributed by atoms with Crippen molar-refractivity contribution in [3.05, 3.63) is 70.3 Å². The van der Waals surface area contributed by atoms with E-state index in [0.717, 1.165) is 5.35 Å². The van der Waals surface area contributed by atoms with Gasteiger partial charge in [-0.2, -0.15) is 5.10 Å². The average Bonchev–Trinajstić information content (AvgIpc) is 3.10. The van der Waals surface area contributed by atoms with Crippen LogP contribution in [-0.2, 0) is 10.0 Å². The Balaban J connectivity index is 1.95. The summed E-state index contributed by atoms with van der Waals surface area (Å²) in [6.45, 7) is 0.171. The van der Waals surface area contributed by atoms with Gasteiger partial charge in [-0.15, -0.1) is 0 Å². The fourth-order valence-corrected chi connectivity index (χ4v) is 4.29. The van der Waals surface area contributed by atoms with Gasteiger partial charge in [0.05, 0.1) is 28.7 Å². The maximum absolute atomic E-state index is 13.2. The summed E-state index contributed by atoms with van der Waals surface area (Å²) >= 11 is 5.88. The van der Waals surface area contributed by atoms with E-state index < -0.39 is 10.0 Å². The number of H-pyrrole nitrogens is 1. The molecule has 0 saturated heterocycles. The summed E-state index contributed by atoms with van der Waals surface area (Å²) in [4.78, 5) is 8.17. The molecule has 0 spiro atoms. The van der Waals surface area contributed by atoms with Crippen molar-refractivity contribution in [3.8, 4) is 0 Å². The predicted molar refractivity (Wildman–Crippen MR) is 92.2 cm³/mol. The van der Waals surface area contributed by atoms with Gasteiger partial charge in [0.2, 0.25) is 0 Å². The van der Waals surface area contributed by atoms with Crippen LogP contribution >= 0.6 is 11.6 Å². The molecule has 1 N–H and O–H groups in total. The molecule has 4 rings (SSSR count). The average molecular weight is 374 g/mol. The summed E-state index contributed by atoms with van der Waals surface area (Å²) in [7, 11) is -3.79. The highest BCUT2D eigenvalue weighted by Crippen LogP contribution is 2.26. The summed E-state index contributed by atoms with van der Waals surface area (Å²) < 4.78 is 27.7. The van der Waals surface area contributed by atoms with Gasteiger partial charge in [-0.1, -0.05) is 11.6 Å². The Labute approximate surface area is 148 Å². The number of halogens is 1. The van der Waals surface area contributed by atoms with Crippen LogP contribution in [0.1, 0.15) is 5.56 Å². The van der Waals surface area contributed by atoms with Gasteiger partial charge in [0, 0.05) is 28.2 Å². The molecule has 9 heteroatoms. The topological polar surface area (TPSA) is 91.8 Å². The third-order valence-corrected chi connectivity index (χ3v) is 5.90. The first-order valence-electron chi connectivity index (χ1n) is 7.35. The third kappa shape index (κ3) is 2.69. The lowest BCUT2D eigenvalue weighted by atomic mass is 10.1. The molecule has 0 atom stereocenters. The van der Waals surface area contributed by atoms with Crippen LogP contribution in [0.25, 0.3) is 11.8 Å². The number of hydrogen-bond donors (Lipinski definition) is 1. The lowest BCUT2D eigenvalue weighted by Crippen LogP contribution is -2.42. The molecule has 0 saturated carbocycles. The highest BCUT2D eigenvalue weighted by atomic mass is 35.5. The van der Waals surface area contributed by atoms with Crippen molar-refractivity contribution < 1.29 is 8.42 Å². The monoisotopic (exact) mass is 373 g/mol. The summed E-state index contributed by atoms with van der Waals surface area (Å²) in [6.07, 6.45) is 7.93. The molecule has 7 nitrogen and oxygen atoms in total. The Hall–Kier alpha value is -2.71. The molecule has 126 valence electrons. The minimum atomic E-state index is -3.79. The van der Waals surface area contributed by atoms with Crippen molar-refractivity contribution in [2.45, 2.75) is 4.90 Å². The van der Waals surface area contributed by atoms with E-state index in [9.17, 15) is 8.42 Å². The number of fused-ring (bicyclic) bond motifs is 1. The van der Waals surface area contributed by atoms with Gasteiger partial charge >= 0.3 is 0 Å². The van der Waals surface area contributed by atoms with E-state index in [1.54, 1.807) is 36.8 Å². The van der Waals surface area contributed by atoms with E-state index in [1.165, 1.54) is 22.8 Å². The van der Waals surface area contributed by atoms with Crippen LogP contribution < -0.4 is 10.6 Å². The maximum atomic E-state index is 13.2. The van der Waals surface area contributed by atoms with Crippen LogP contribution in [0, 0.1) is 0 Å². The van der Waals surface area contributed by atoms with Crippen molar-refractivity contribution in [1.82, 2.24) is 24.5 Å². The predicted octanol–water partition coefficient (Wildman–Crippen LogP) is 0.495. The van der Waals surface area contributed by atoms with Crippen LogP contribution in [0.3, 0.4) is 0 Å². The second-order valence-corrected chi connectivity index (χ2v) is 7.67. The molecule has 1 aliphatic heterocycles. The summed E-state index contributed by atoms with van der Waals surface area (Å²) in [5.41, 5.74) is 1.08. The quantitative estimate of drug-likeness (QED) is 0.721. The summed E-state index contributed by atoms with van der Waals surface area (Å²) in [6, 6.07) is 6.08. The number of sulfonamides is 1. The molecule has 0 aliphatic carbocycles. The lowest BCUT2D eigenvalue weighted by molar-refractivity contribution is 0.532. The van der Waals surface area contributed by atoms with Crippen LogP contribution in [0.5, 0.6) is 0 Å². The molecule has 25 heavy (non-hydrogen) atoms. The second kappa shape index (κ2) is 5.98. The van der Waals surface area contributed by atoms with Gasteiger partial charge in [-0.3, -0.25) is 9.40 Å². The Morgan fingerprint density at radius 1 is 1.08 bits per heavy atom. The zero-order chi connectivity index (χ0) is 17.4. The summed E-state index contributed by atoms with van der Waals surface area (Å²) in [5, 5.41) is 8.81. The Morgan fingerprint density at radius 3 is 2.52 bits per heavy atom. The molecule has 2 aromatic heterocycles. The van der Waals surface area contributed by atoms with Crippen LogP contribution in [0.15, 0.2) is 54.1 Å². The standard InChI is InChI=1S/C16H12ClN5O2S/c17-12-1-3-13(4-2-12)25(23,24)22-6-5-15-14(9-20-21-15)16(22)11-7-18-10-19-8-11/h1-5,7-10,21H,6H2. The highest BCUT2D eigenvalue weighted by molar-refractivity contribution is 7.89. The van der Waals surface area contributed by atoms with Gasteiger partial charge in [0.15, 0.2) is 0 Å². The van der Waals surface area contributed by atoms with Crippen LogP contribution in [0.2, 0.25) is 5.02 Å². The Bertz CT molecular complexity index is 1140. The van der Waals surface area contributed by atoms with Crippen molar-refractivity contribution >= 4 is 33.4 Å². The number of benzene rings is 1. The largest absolute Gasteiger partial charge is 0.278 e. The molecule has 0 radical (unpaired) electrons. The number of nitrogens with one attached hydrogen (secondary N) is 1. The molecule has 0 fully saturated rings. The minimum absolute atomic E-state index is 0.159. The molecular weight excluding hydrogens is 362 g/mol. The molecule has 0 bridgehead atoms. The zero-order valence-corrected chi connectivity index (χ0v) is 14.4. The number of nitrogens with zero attached hydrogens (tertiary/aromatic N) is 4. The smallest absolute Gasteiger partial charge is 0.264 e. The molecule has 1 aliphatic rings. The number of aromatic nitrogens is 4. The molecule has 3 heterocycles. The van der Waals surface area contributed by atoms with E-state index >= 15 is 0 Å². The van der Waals surface area contributed by atoms with Crippen LogP contribution in [0.4, 0.5) is 0 Å². The Morgan fingerprint density at radius 2 is 1.80 bits per heavy atom. The van der Waals surface area contributed by atoms with Gasteiger partial charge in [0.25, 0.3) is 10.0 Å². The SMILES string of the molecule is O=S(=O)(c1ccc(Cl)cc1)N1CC=c2[nH]ncc2=C1c1cncnc1. The van der Waals surface area contributed by atoms with E-state index in [0.29, 0.717) is 21.5 Å². The highest BCUT2D eigenvalue weighted by Gasteiger charge is 2.29. The first-order chi connectivity index (χ1) is 12.1. The molecule has 0 amide bonds. The molecule has 3 aromatic rings. The Kier molecular flexibility index (Phi) is 3.78. The normalized spacial score (nSPS) is 14.1. The van der Waals surface area contributed by atoms with Crippen molar-refractivity contribution in [3.63, 3.8) is 0 Å². The second-order valence-electron chi connectivity index (χ2n) is 5.37. The molecular formula is C16H12ClN5O2S. The number of hydrogen-bond acceptors (Lipinski definition) is 5. The fourth-order valence-electron chi connectivity index (χ4n) is 2.71. The van der Waals surface area contributed by atoms with Gasteiger partial charge in [-0.05, 0) is 30.3 Å². The first kappa shape index (κ1) is 15.8. The third-order valence-electron chi connectivity index (χ3n) is 3.87.